The Morgan fingerprint density at radius 1 is 1.31 bits per heavy atom. The van der Waals surface area contributed by atoms with Gasteiger partial charge < -0.3 is 4.84 Å². The van der Waals surface area contributed by atoms with E-state index in [1.54, 1.807) is 7.11 Å². The van der Waals surface area contributed by atoms with E-state index >= 15 is 0 Å². The number of nitrogens with zero attached hydrogens (tertiary/aromatic N) is 1. The lowest BCUT2D eigenvalue weighted by Crippen LogP contribution is -1.80. The Kier molecular flexibility index (Phi) is 10.2. The van der Waals surface area contributed by atoms with E-state index in [1.807, 2.05) is 6.21 Å². The molecule has 0 aromatic heterocycles. The lowest BCUT2D eigenvalue weighted by molar-refractivity contribution is 0.214. The fourth-order valence-corrected chi connectivity index (χ4v) is 0.930. The SMILES string of the molecule is [CH2]CC#CCCCCCC=NOC. The molecule has 0 aliphatic rings. The van der Waals surface area contributed by atoms with Crippen LogP contribution in [0.1, 0.15) is 38.5 Å². The molecule has 73 valence electrons. The fourth-order valence-electron chi connectivity index (χ4n) is 0.930. The Morgan fingerprint density at radius 2 is 2.15 bits per heavy atom. The van der Waals surface area contributed by atoms with E-state index in [4.69, 9.17) is 0 Å². The minimum absolute atomic E-state index is 0.723. The highest BCUT2D eigenvalue weighted by Crippen LogP contribution is 2.00. The van der Waals surface area contributed by atoms with Crippen LogP contribution in [0.3, 0.4) is 0 Å². The lowest BCUT2D eigenvalue weighted by atomic mass is 10.1. The molecule has 0 heterocycles. The number of hydrogen-bond donors (Lipinski definition) is 0. The summed E-state index contributed by atoms with van der Waals surface area (Å²) in [4.78, 5) is 4.54. The van der Waals surface area contributed by atoms with Crippen LogP contribution in [-0.2, 0) is 4.84 Å². The largest absolute Gasteiger partial charge is 0.399 e. The maximum atomic E-state index is 4.54. The van der Waals surface area contributed by atoms with E-state index in [0.29, 0.717) is 0 Å². The van der Waals surface area contributed by atoms with Crippen molar-refractivity contribution in [1.82, 2.24) is 0 Å². The highest BCUT2D eigenvalue weighted by atomic mass is 16.6. The molecule has 0 saturated carbocycles. The minimum atomic E-state index is 0.723. The van der Waals surface area contributed by atoms with Gasteiger partial charge in [-0.05, 0) is 26.2 Å². The predicted octanol–water partition coefficient (Wildman–Crippen LogP) is 2.80. The summed E-state index contributed by atoms with van der Waals surface area (Å²) in [6, 6.07) is 0. The molecular weight excluding hydrogens is 162 g/mol. The van der Waals surface area contributed by atoms with Gasteiger partial charge in [0.15, 0.2) is 0 Å². The van der Waals surface area contributed by atoms with Gasteiger partial charge >= 0.3 is 0 Å². The molecular formula is C11H18NO. The van der Waals surface area contributed by atoms with Crippen molar-refractivity contribution < 1.29 is 4.84 Å². The molecule has 0 saturated heterocycles. The molecule has 0 aromatic carbocycles. The zero-order valence-electron chi connectivity index (χ0n) is 8.38. The van der Waals surface area contributed by atoms with Gasteiger partial charge in [-0.25, -0.2) is 0 Å². The van der Waals surface area contributed by atoms with E-state index in [-0.39, 0.29) is 0 Å². The summed E-state index contributed by atoms with van der Waals surface area (Å²) in [5.74, 6) is 6.02. The monoisotopic (exact) mass is 180 g/mol. The summed E-state index contributed by atoms with van der Waals surface area (Å²) in [5, 5.41) is 3.66. The first-order chi connectivity index (χ1) is 6.41. The Bertz CT molecular complexity index is 176. The van der Waals surface area contributed by atoms with Gasteiger partial charge in [0.25, 0.3) is 0 Å². The fraction of sp³-hybridized carbons (Fsp3) is 0.636. The molecule has 2 nitrogen and oxygen atoms in total. The number of hydrogen-bond acceptors (Lipinski definition) is 2. The van der Waals surface area contributed by atoms with Crippen molar-refractivity contribution in [3.8, 4) is 11.8 Å². The number of oxime groups is 1. The van der Waals surface area contributed by atoms with Gasteiger partial charge in [0, 0.05) is 19.1 Å². The first kappa shape index (κ1) is 12.0. The van der Waals surface area contributed by atoms with E-state index in [2.05, 4.69) is 28.8 Å². The molecule has 2 heteroatoms. The second kappa shape index (κ2) is 11.0. The van der Waals surface area contributed by atoms with Gasteiger partial charge in [0.2, 0.25) is 0 Å². The Balaban J connectivity index is 3.04. The van der Waals surface area contributed by atoms with Crippen LogP contribution in [0.4, 0.5) is 0 Å². The van der Waals surface area contributed by atoms with Crippen LogP contribution >= 0.6 is 0 Å². The third-order valence-electron chi connectivity index (χ3n) is 1.56. The standard InChI is InChI=1S/C11H18NO/c1-3-4-5-6-7-8-9-10-11-12-13-2/h11H,1,3,6-10H2,2H3. The highest BCUT2D eigenvalue weighted by Gasteiger charge is 1.85. The minimum Gasteiger partial charge on any atom is -0.399 e. The summed E-state index contributed by atoms with van der Waals surface area (Å²) < 4.78 is 0. The van der Waals surface area contributed by atoms with Crippen molar-refractivity contribution in [2.24, 2.45) is 5.16 Å². The van der Waals surface area contributed by atoms with Crippen LogP contribution in [0.5, 0.6) is 0 Å². The zero-order chi connectivity index (χ0) is 9.78. The van der Waals surface area contributed by atoms with Gasteiger partial charge in [-0.1, -0.05) is 11.6 Å². The van der Waals surface area contributed by atoms with E-state index in [9.17, 15) is 0 Å². The number of unbranched alkanes of at least 4 members (excludes halogenated alkanes) is 4. The van der Waals surface area contributed by atoms with Gasteiger partial charge in [-0.3, -0.25) is 0 Å². The molecule has 0 aliphatic carbocycles. The van der Waals surface area contributed by atoms with Gasteiger partial charge in [-0.2, -0.15) is 0 Å². The van der Waals surface area contributed by atoms with Crippen molar-refractivity contribution >= 4 is 6.21 Å². The van der Waals surface area contributed by atoms with Crippen LogP contribution in [0.15, 0.2) is 5.16 Å². The van der Waals surface area contributed by atoms with Crippen molar-refractivity contribution in [2.45, 2.75) is 38.5 Å². The van der Waals surface area contributed by atoms with Crippen LogP contribution < -0.4 is 0 Å². The van der Waals surface area contributed by atoms with Crippen LogP contribution in [0.2, 0.25) is 0 Å². The third kappa shape index (κ3) is 11.0. The molecule has 13 heavy (non-hydrogen) atoms. The van der Waals surface area contributed by atoms with Crippen molar-refractivity contribution in [2.75, 3.05) is 7.11 Å². The molecule has 1 radical (unpaired) electrons. The lowest BCUT2D eigenvalue weighted by Gasteiger charge is -1.92. The molecule has 0 amide bonds. The normalized spacial score (nSPS) is 9.69. The first-order valence-electron chi connectivity index (χ1n) is 4.71. The summed E-state index contributed by atoms with van der Waals surface area (Å²) in [5.41, 5.74) is 0. The van der Waals surface area contributed by atoms with Crippen LogP contribution in [-0.4, -0.2) is 13.3 Å². The zero-order valence-corrected chi connectivity index (χ0v) is 8.38. The smallest absolute Gasteiger partial charge is 0.106 e. The average molecular weight is 180 g/mol. The maximum absolute atomic E-state index is 4.54. The Labute approximate surface area is 81.4 Å². The molecule has 0 rings (SSSR count). The second-order valence-electron chi connectivity index (χ2n) is 2.67. The molecule has 0 aliphatic heterocycles. The van der Waals surface area contributed by atoms with Gasteiger partial charge in [0.1, 0.15) is 7.11 Å². The van der Waals surface area contributed by atoms with Crippen molar-refractivity contribution in [3.63, 3.8) is 0 Å². The summed E-state index contributed by atoms with van der Waals surface area (Å²) in [6.45, 7) is 3.65. The van der Waals surface area contributed by atoms with Crippen molar-refractivity contribution in [3.05, 3.63) is 6.92 Å². The molecule has 0 N–H and O–H groups in total. The molecule has 0 fully saturated rings. The highest BCUT2D eigenvalue weighted by molar-refractivity contribution is 5.55. The number of rotatable bonds is 6. The second-order valence-corrected chi connectivity index (χ2v) is 2.67. The molecule has 0 atom stereocenters. The molecule has 0 bridgehead atoms. The summed E-state index contributed by atoms with van der Waals surface area (Å²) >= 11 is 0. The Hall–Kier alpha value is -0.970. The van der Waals surface area contributed by atoms with Gasteiger partial charge in [0.05, 0.1) is 0 Å². The molecule has 0 unspecified atom stereocenters. The summed E-state index contributed by atoms with van der Waals surface area (Å²) in [7, 11) is 1.56. The van der Waals surface area contributed by atoms with Crippen LogP contribution in [0, 0.1) is 18.8 Å². The van der Waals surface area contributed by atoms with E-state index < -0.39 is 0 Å². The molecule has 0 aromatic rings. The van der Waals surface area contributed by atoms with E-state index in [1.165, 1.54) is 19.3 Å². The van der Waals surface area contributed by atoms with Crippen molar-refractivity contribution in [1.29, 1.82) is 0 Å². The summed E-state index contributed by atoms with van der Waals surface area (Å²) in [6.07, 6.45) is 8.07. The maximum Gasteiger partial charge on any atom is 0.106 e. The quantitative estimate of drug-likeness (QED) is 0.266. The topological polar surface area (TPSA) is 21.6 Å². The molecule has 0 spiro atoms. The van der Waals surface area contributed by atoms with Crippen LogP contribution in [0.25, 0.3) is 0 Å². The Morgan fingerprint density at radius 3 is 2.85 bits per heavy atom. The predicted molar refractivity (Wildman–Crippen MR) is 56.3 cm³/mol. The average Bonchev–Trinajstić information content (AvgIpc) is 2.16. The van der Waals surface area contributed by atoms with Gasteiger partial charge in [-0.15, -0.1) is 11.8 Å². The third-order valence-corrected chi connectivity index (χ3v) is 1.56. The first-order valence-corrected chi connectivity index (χ1v) is 4.71. The van der Waals surface area contributed by atoms with E-state index in [0.717, 1.165) is 19.3 Å².